The zero-order chi connectivity index (χ0) is 19.5. The van der Waals surface area contributed by atoms with Crippen molar-refractivity contribution in [3.05, 3.63) is 94.2 Å². The van der Waals surface area contributed by atoms with Crippen molar-refractivity contribution >= 4 is 40.1 Å². The first-order valence-electron chi connectivity index (χ1n) is 8.53. The molecular formula is C22H14Cl2N2O2. The second-order valence-corrected chi connectivity index (χ2v) is 6.90. The summed E-state index contributed by atoms with van der Waals surface area (Å²) in [6.45, 7) is -0.0176. The summed E-state index contributed by atoms with van der Waals surface area (Å²) in [7, 11) is 0. The van der Waals surface area contributed by atoms with Gasteiger partial charge in [0, 0.05) is 39.0 Å². The molecular weight excluding hydrogens is 395 g/mol. The average Bonchev–Trinajstić information content (AvgIpc) is 2.73. The van der Waals surface area contributed by atoms with Crippen molar-refractivity contribution in [1.82, 2.24) is 9.97 Å². The number of nitrogens with zero attached hydrogens (tertiary/aromatic N) is 2. The third kappa shape index (κ3) is 3.70. The van der Waals surface area contributed by atoms with Gasteiger partial charge in [0.25, 0.3) is 0 Å². The van der Waals surface area contributed by atoms with E-state index in [1.54, 1.807) is 36.7 Å². The zero-order valence-corrected chi connectivity index (χ0v) is 16.1. The second kappa shape index (κ2) is 7.97. The molecule has 0 saturated carbocycles. The van der Waals surface area contributed by atoms with Crippen molar-refractivity contribution in [2.24, 2.45) is 0 Å². The fourth-order valence-corrected chi connectivity index (χ4v) is 3.40. The Morgan fingerprint density at radius 3 is 2.50 bits per heavy atom. The summed E-state index contributed by atoms with van der Waals surface area (Å²) in [6.07, 6.45) is 3.39. The van der Waals surface area contributed by atoms with Gasteiger partial charge in [0.2, 0.25) is 0 Å². The van der Waals surface area contributed by atoms with Crippen molar-refractivity contribution in [2.75, 3.05) is 0 Å². The first-order chi connectivity index (χ1) is 13.6. The van der Waals surface area contributed by atoms with E-state index in [1.807, 2.05) is 36.4 Å². The van der Waals surface area contributed by atoms with Gasteiger partial charge < -0.3 is 4.74 Å². The van der Waals surface area contributed by atoms with Crippen LogP contribution in [-0.2, 0) is 11.3 Å². The molecule has 0 fully saturated rings. The number of para-hydroxylation sites is 1. The molecule has 0 N–H and O–H groups in total. The molecule has 0 radical (unpaired) electrons. The van der Waals surface area contributed by atoms with E-state index in [-0.39, 0.29) is 6.61 Å². The molecule has 138 valence electrons. The van der Waals surface area contributed by atoms with Crippen LogP contribution in [0.3, 0.4) is 0 Å². The van der Waals surface area contributed by atoms with Crippen LogP contribution < -0.4 is 0 Å². The van der Waals surface area contributed by atoms with Gasteiger partial charge in [-0.05, 0) is 36.4 Å². The van der Waals surface area contributed by atoms with Crippen LogP contribution in [0.25, 0.3) is 22.2 Å². The molecule has 0 bridgehead atoms. The fraction of sp³-hybridized carbons (Fsp3) is 0.0455. The highest BCUT2D eigenvalue weighted by Gasteiger charge is 2.16. The normalized spacial score (nSPS) is 10.8. The zero-order valence-electron chi connectivity index (χ0n) is 14.6. The summed E-state index contributed by atoms with van der Waals surface area (Å²) in [5, 5.41) is 1.62. The molecule has 4 nitrogen and oxygen atoms in total. The van der Waals surface area contributed by atoms with E-state index in [4.69, 9.17) is 27.9 Å². The summed E-state index contributed by atoms with van der Waals surface area (Å²) in [6, 6.07) is 18.0. The first kappa shape index (κ1) is 18.4. The Morgan fingerprint density at radius 1 is 0.964 bits per heavy atom. The molecule has 2 aromatic heterocycles. The number of halogens is 2. The molecule has 0 saturated heterocycles. The molecule has 6 heteroatoms. The third-order valence-electron chi connectivity index (χ3n) is 4.30. The van der Waals surface area contributed by atoms with Gasteiger partial charge in [0.05, 0.1) is 16.8 Å². The minimum Gasteiger partial charge on any atom is -0.457 e. The number of fused-ring (bicyclic) bond motifs is 1. The lowest BCUT2D eigenvalue weighted by Crippen LogP contribution is -2.07. The molecule has 4 rings (SSSR count). The summed E-state index contributed by atoms with van der Waals surface area (Å²) in [5.74, 6) is -0.472. The maximum atomic E-state index is 12.9. The molecule has 0 aliphatic heterocycles. The lowest BCUT2D eigenvalue weighted by Gasteiger charge is -2.11. The Morgan fingerprint density at radius 2 is 1.75 bits per heavy atom. The highest BCUT2D eigenvalue weighted by molar-refractivity contribution is 6.36. The smallest absolute Gasteiger partial charge is 0.339 e. The summed E-state index contributed by atoms with van der Waals surface area (Å²) >= 11 is 12.3. The van der Waals surface area contributed by atoms with Gasteiger partial charge in [-0.15, -0.1) is 0 Å². The van der Waals surface area contributed by atoms with E-state index in [9.17, 15) is 4.79 Å². The molecule has 0 spiro atoms. The molecule has 2 aromatic carbocycles. The minimum absolute atomic E-state index is 0.0176. The minimum atomic E-state index is -0.472. The van der Waals surface area contributed by atoms with Gasteiger partial charge in [-0.25, -0.2) is 9.78 Å². The fourth-order valence-electron chi connectivity index (χ4n) is 2.89. The van der Waals surface area contributed by atoms with Gasteiger partial charge in [0.15, 0.2) is 0 Å². The predicted octanol–water partition coefficient (Wildman–Crippen LogP) is 5.96. The van der Waals surface area contributed by atoms with Crippen molar-refractivity contribution in [1.29, 1.82) is 0 Å². The molecule has 0 amide bonds. The summed E-state index contributed by atoms with van der Waals surface area (Å²) in [4.78, 5) is 21.7. The Labute approximate surface area is 171 Å². The Balaban J connectivity index is 1.71. The number of esters is 1. The number of hydrogen-bond donors (Lipinski definition) is 0. The van der Waals surface area contributed by atoms with Crippen LogP contribution in [0.2, 0.25) is 10.0 Å². The maximum Gasteiger partial charge on any atom is 0.339 e. The topological polar surface area (TPSA) is 52.1 Å². The van der Waals surface area contributed by atoms with Gasteiger partial charge in [-0.1, -0.05) is 47.5 Å². The number of carbonyl (C=O) groups excluding carboxylic acids is 1. The monoisotopic (exact) mass is 408 g/mol. The second-order valence-electron chi connectivity index (χ2n) is 6.09. The van der Waals surface area contributed by atoms with Gasteiger partial charge in [0.1, 0.15) is 6.61 Å². The summed E-state index contributed by atoms with van der Waals surface area (Å²) < 4.78 is 5.52. The van der Waals surface area contributed by atoms with Crippen LogP contribution in [0, 0.1) is 0 Å². The number of rotatable bonds is 4. The van der Waals surface area contributed by atoms with Crippen LogP contribution >= 0.6 is 23.2 Å². The molecule has 0 aliphatic carbocycles. The quantitative estimate of drug-likeness (QED) is 0.390. The van der Waals surface area contributed by atoms with E-state index in [2.05, 4.69) is 9.97 Å². The van der Waals surface area contributed by atoms with E-state index < -0.39 is 5.97 Å². The molecule has 28 heavy (non-hydrogen) atoms. The molecule has 0 unspecified atom stereocenters. The van der Waals surface area contributed by atoms with E-state index in [0.29, 0.717) is 37.8 Å². The van der Waals surface area contributed by atoms with Crippen LogP contribution in [0.4, 0.5) is 0 Å². The van der Waals surface area contributed by atoms with Gasteiger partial charge in [-0.2, -0.15) is 0 Å². The van der Waals surface area contributed by atoms with Crippen molar-refractivity contribution in [2.45, 2.75) is 6.61 Å². The van der Waals surface area contributed by atoms with Crippen molar-refractivity contribution in [3.8, 4) is 11.3 Å². The SMILES string of the molecule is O=C(OCc1c(Cl)cccc1Cl)c1cc(-c2cccnc2)nc2ccccc12. The summed E-state index contributed by atoms with van der Waals surface area (Å²) in [5.41, 5.74) is 3.16. The van der Waals surface area contributed by atoms with Crippen LogP contribution in [0.15, 0.2) is 73.1 Å². The number of benzene rings is 2. The molecule has 0 aliphatic rings. The third-order valence-corrected chi connectivity index (χ3v) is 5.01. The number of carbonyl (C=O) groups is 1. The Kier molecular flexibility index (Phi) is 5.24. The highest BCUT2D eigenvalue weighted by Crippen LogP contribution is 2.27. The van der Waals surface area contributed by atoms with Crippen molar-refractivity contribution in [3.63, 3.8) is 0 Å². The lowest BCUT2D eigenvalue weighted by molar-refractivity contribution is 0.0475. The Hall–Kier alpha value is -2.95. The average molecular weight is 409 g/mol. The van der Waals surface area contributed by atoms with Gasteiger partial charge in [-0.3, -0.25) is 4.98 Å². The largest absolute Gasteiger partial charge is 0.457 e. The van der Waals surface area contributed by atoms with Crippen LogP contribution in [0.1, 0.15) is 15.9 Å². The number of ether oxygens (including phenoxy) is 1. The molecule has 4 aromatic rings. The van der Waals surface area contributed by atoms with Gasteiger partial charge >= 0.3 is 5.97 Å². The predicted molar refractivity (Wildman–Crippen MR) is 111 cm³/mol. The Bertz CT molecular complexity index is 1140. The number of aromatic nitrogens is 2. The molecule has 0 atom stereocenters. The standard InChI is InChI=1S/C22H14Cl2N2O2/c23-18-7-3-8-19(24)17(18)13-28-22(27)16-11-21(14-5-4-10-25-12-14)26-20-9-2-1-6-15(16)20/h1-12H,13H2. The van der Waals surface area contributed by atoms with Crippen molar-refractivity contribution < 1.29 is 9.53 Å². The van der Waals surface area contributed by atoms with E-state index >= 15 is 0 Å². The first-order valence-corrected chi connectivity index (χ1v) is 9.29. The number of hydrogen-bond acceptors (Lipinski definition) is 4. The molecule has 2 heterocycles. The highest BCUT2D eigenvalue weighted by atomic mass is 35.5. The lowest BCUT2D eigenvalue weighted by atomic mass is 10.1. The van der Waals surface area contributed by atoms with E-state index in [0.717, 1.165) is 5.56 Å². The van der Waals surface area contributed by atoms with E-state index in [1.165, 1.54) is 0 Å². The maximum absolute atomic E-state index is 12.9. The number of pyridine rings is 2. The van der Waals surface area contributed by atoms with Crippen LogP contribution in [-0.4, -0.2) is 15.9 Å². The van der Waals surface area contributed by atoms with Crippen LogP contribution in [0.5, 0.6) is 0 Å².